The molecule has 0 bridgehead atoms. The Hall–Kier alpha value is -1.55. The fraction of sp³-hybridized carbons (Fsp3) is 0.500. The highest BCUT2D eigenvalue weighted by atomic mass is 16.5. The minimum Gasteiger partial charge on any atom is -0.497 e. The van der Waals surface area contributed by atoms with E-state index in [2.05, 4.69) is 6.92 Å². The molecule has 0 radical (unpaired) electrons. The first kappa shape index (κ1) is 12.9. The third-order valence-corrected chi connectivity index (χ3v) is 3.67. The minimum atomic E-state index is -0.0559. The first-order valence-corrected chi connectivity index (χ1v) is 6.23. The van der Waals surface area contributed by atoms with Gasteiger partial charge in [-0.25, -0.2) is 0 Å². The quantitative estimate of drug-likeness (QED) is 0.884. The van der Waals surface area contributed by atoms with Gasteiger partial charge in [-0.2, -0.15) is 0 Å². The molecule has 4 heteroatoms. The molecule has 1 aliphatic heterocycles. The van der Waals surface area contributed by atoms with Gasteiger partial charge in [0, 0.05) is 12.1 Å². The highest BCUT2D eigenvalue weighted by Gasteiger charge is 2.34. The van der Waals surface area contributed by atoms with Crippen molar-refractivity contribution in [3.8, 4) is 5.75 Å². The Kier molecular flexibility index (Phi) is 3.87. The Morgan fingerprint density at radius 1 is 1.44 bits per heavy atom. The number of hydrogen-bond acceptors (Lipinski definition) is 3. The minimum absolute atomic E-state index is 0.0129. The van der Waals surface area contributed by atoms with Crippen molar-refractivity contribution in [1.29, 1.82) is 0 Å². The zero-order valence-corrected chi connectivity index (χ0v) is 10.8. The maximum Gasteiger partial charge on any atom is 0.254 e. The van der Waals surface area contributed by atoms with Crippen molar-refractivity contribution < 1.29 is 14.6 Å². The number of hydrogen-bond donors (Lipinski definition) is 1. The van der Waals surface area contributed by atoms with E-state index in [0.717, 1.165) is 18.7 Å². The molecule has 1 aromatic rings. The fourth-order valence-electron chi connectivity index (χ4n) is 2.44. The number of nitrogens with zero attached hydrogens (tertiary/aromatic N) is 1. The molecule has 2 atom stereocenters. The average Bonchev–Trinajstić information content (AvgIpc) is 2.79. The lowest BCUT2D eigenvalue weighted by atomic mass is 10.0. The van der Waals surface area contributed by atoms with Crippen molar-refractivity contribution in [2.45, 2.75) is 19.4 Å². The second kappa shape index (κ2) is 5.40. The van der Waals surface area contributed by atoms with Gasteiger partial charge in [0.1, 0.15) is 5.75 Å². The molecule has 1 fully saturated rings. The van der Waals surface area contributed by atoms with E-state index in [0.29, 0.717) is 11.5 Å². The normalized spacial score (nSPS) is 23.2. The smallest absolute Gasteiger partial charge is 0.254 e. The molecule has 1 aliphatic rings. The summed E-state index contributed by atoms with van der Waals surface area (Å²) in [4.78, 5) is 14.1. The highest BCUT2D eigenvalue weighted by Crippen LogP contribution is 2.25. The van der Waals surface area contributed by atoms with Gasteiger partial charge in [0.15, 0.2) is 0 Å². The van der Waals surface area contributed by atoms with E-state index in [9.17, 15) is 9.90 Å². The van der Waals surface area contributed by atoms with Gasteiger partial charge in [0.05, 0.1) is 19.8 Å². The molecule has 0 aliphatic carbocycles. The number of likely N-dealkylation sites (tertiary alicyclic amines) is 1. The molecule has 4 nitrogen and oxygen atoms in total. The van der Waals surface area contributed by atoms with Crippen molar-refractivity contribution >= 4 is 5.91 Å². The number of methoxy groups -OCH3 is 1. The van der Waals surface area contributed by atoms with Crippen molar-refractivity contribution in [3.05, 3.63) is 29.8 Å². The summed E-state index contributed by atoms with van der Waals surface area (Å²) < 4.78 is 5.07. The van der Waals surface area contributed by atoms with Gasteiger partial charge in [0.25, 0.3) is 5.91 Å². The summed E-state index contributed by atoms with van der Waals surface area (Å²) >= 11 is 0. The highest BCUT2D eigenvalue weighted by molar-refractivity contribution is 5.94. The number of benzene rings is 1. The van der Waals surface area contributed by atoms with Gasteiger partial charge in [-0.3, -0.25) is 4.79 Å². The van der Waals surface area contributed by atoms with Crippen LogP contribution in [0.25, 0.3) is 0 Å². The molecule has 1 saturated heterocycles. The number of carbonyl (C=O) groups excluding carboxylic acids is 1. The van der Waals surface area contributed by atoms with Crippen molar-refractivity contribution in [2.24, 2.45) is 5.92 Å². The van der Waals surface area contributed by atoms with Crippen molar-refractivity contribution in [1.82, 2.24) is 4.90 Å². The first-order chi connectivity index (χ1) is 8.67. The lowest BCUT2D eigenvalue weighted by Crippen LogP contribution is -2.39. The Morgan fingerprint density at radius 2 is 2.11 bits per heavy atom. The summed E-state index contributed by atoms with van der Waals surface area (Å²) in [6.07, 6.45) is 0.952. The molecule has 18 heavy (non-hydrogen) atoms. The molecular weight excluding hydrogens is 230 g/mol. The summed E-state index contributed by atoms with van der Waals surface area (Å²) in [5.74, 6) is 1.08. The molecule has 1 heterocycles. The number of amides is 1. The van der Waals surface area contributed by atoms with Crippen LogP contribution in [0.3, 0.4) is 0 Å². The Labute approximate surface area is 107 Å². The molecule has 1 N–H and O–H groups in total. The van der Waals surface area contributed by atoms with Crippen LogP contribution in [-0.4, -0.2) is 42.2 Å². The Balaban J connectivity index is 2.15. The fourth-order valence-corrected chi connectivity index (χ4v) is 2.44. The van der Waals surface area contributed by atoms with Crippen LogP contribution < -0.4 is 4.74 Å². The van der Waals surface area contributed by atoms with Gasteiger partial charge in [-0.05, 0) is 36.6 Å². The Morgan fingerprint density at radius 3 is 2.67 bits per heavy atom. The Bertz CT molecular complexity index is 416. The van der Waals surface area contributed by atoms with Crippen LogP contribution in [0.1, 0.15) is 23.7 Å². The van der Waals surface area contributed by atoms with E-state index in [1.807, 2.05) is 0 Å². The monoisotopic (exact) mass is 249 g/mol. The number of aliphatic hydroxyl groups is 1. The topological polar surface area (TPSA) is 49.8 Å². The van der Waals surface area contributed by atoms with Gasteiger partial charge >= 0.3 is 0 Å². The van der Waals surface area contributed by atoms with Crippen LogP contribution in [0.5, 0.6) is 5.75 Å². The van der Waals surface area contributed by atoms with Crippen LogP contribution in [0.15, 0.2) is 24.3 Å². The molecule has 1 aromatic carbocycles. The molecule has 1 amide bonds. The molecule has 2 rings (SSSR count). The van der Waals surface area contributed by atoms with E-state index >= 15 is 0 Å². The van der Waals surface area contributed by atoms with Crippen LogP contribution in [-0.2, 0) is 0 Å². The van der Waals surface area contributed by atoms with Gasteiger partial charge in [-0.1, -0.05) is 6.92 Å². The standard InChI is InChI=1S/C14H19NO3/c1-10-7-8-15(13(10)9-16)14(17)11-3-5-12(18-2)6-4-11/h3-6,10,13,16H,7-9H2,1-2H3. The molecule has 2 unspecified atom stereocenters. The van der Waals surface area contributed by atoms with Gasteiger partial charge in [-0.15, -0.1) is 0 Å². The summed E-state index contributed by atoms with van der Waals surface area (Å²) in [5, 5.41) is 9.37. The SMILES string of the molecule is COc1ccc(C(=O)N2CCC(C)C2CO)cc1. The van der Waals surface area contributed by atoms with Crippen LogP contribution in [0.2, 0.25) is 0 Å². The number of rotatable bonds is 3. The largest absolute Gasteiger partial charge is 0.497 e. The molecule has 0 aromatic heterocycles. The summed E-state index contributed by atoms with van der Waals surface area (Å²) in [6.45, 7) is 2.82. The first-order valence-electron chi connectivity index (χ1n) is 6.23. The van der Waals surface area contributed by atoms with Crippen LogP contribution >= 0.6 is 0 Å². The van der Waals surface area contributed by atoms with Crippen molar-refractivity contribution in [2.75, 3.05) is 20.3 Å². The lowest BCUT2D eigenvalue weighted by Gasteiger charge is -2.25. The zero-order valence-electron chi connectivity index (χ0n) is 10.8. The van der Waals surface area contributed by atoms with Gasteiger partial charge in [0.2, 0.25) is 0 Å². The van der Waals surface area contributed by atoms with Crippen LogP contribution in [0, 0.1) is 5.92 Å². The second-order valence-electron chi connectivity index (χ2n) is 4.74. The molecule has 98 valence electrons. The maximum absolute atomic E-state index is 12.3. The average molecular weight is 249 g/mol. The molecule has 0 spiro atoms. The van der Waals surface area contributed by atoms with Crippen LogP contribution in [0.4, 0.5) is 0 Å². The summed E-state index contributed by atoms with van der Waals surface area (Å²) in [5.41, 5.74) is 0.642. The molecule has 0 saturated carbocycles. The summed E-state index contributed by atoms with van der Waals surface area (Å²) in [6, 6.07) is 7.03. The van der Waals surface area contributed by atoms with E-state index < -0.39 is 0 Å². The van der Waals surface area contributed by atoms with E-state index in [4.69, 9.17) is 4.74 Å². The van der Waals surface area contributed by atoms with E-state index in [1.54, 1.807) is 36.3 Å². The van der Waals surface area contributed by atoms with E-state index in [-0.39, 0.29) is 18.6 Å². The lowest BCUT2D eigenvalue weighted by molar-refractivity contribution is 0.0648. The number of ether oxygens (including phenoxy) is 1. The number of aliphatic hydroxyl groups excluding tert-OH is 1. The predicted octanol–water partition coefficient (Wildman–Crippen LogP) is 1.54. The van der Waals surface area contributed by atoms with Crippen molar-refractivity contribution in [3.63, 3.8) is 0 Å². The van der Waals surface area contributed by atoms with E-state index in [1.165, 1.54) is 0 Å². The maximum atomic E-state index is 12.3. The van der Waals surface area contributed by atoms with Gasteiger partial charge < -0.3 is 14.7 Å². The zero-order chi connectivity index (χ0) is 13.1. The third kappa shape index (κ3) is 2.34. The molecular formula is C14H19NO3. The third-order valence-electron chi connectivity index (χ3n) is 3.67. The second-order valence-corrected chi connectivity index (χ2v) is 4.74. The summed E-state index contributed by atoms with van der Waals surface area (Å²) in [7, 11) is 1.60. The number of carbonyl (C=O) groups is 1. The predicted molar refractivity (Wildman–Crippen MR) is 68.7 cm³/mol.